The molecule has 0 fully saturated rings. The standard InChI is InChI=1S/C17H20O5/c1-9-7-13(21-16(19)10(2)18)15-11-5-3-4-6-12(11)17(20)22-14(15)8-9/h7-8,10,16,18-19H,3-6H2,1-2H3. The molecule has 1 aromatic carbocycles. The van der Waals surface area contributed by atoms with Crippen molar-refractivity contribution in [3.05, 3.63) is 39.2 Å². The monoisotopic (exact) mass is 304 g/mol. The molecule has 118 valence electrons. The molecular weight excluding hydrogens is 284 g/mol. The third kappa shape index (κ3) is 2.62. The molecular formula is C17H20O5. The van der Waals surface area contributed by atoms with Gasteiger partial charge in [-0.25, -0.2) is 4.79 Å². The Labute approximate surface area is 128 Å². The second-order valence-corrected chi connectivity index (χ2v) is 5.94. The molecule has 0 bridgehead atoms. The number of rotatable bonds is 3. The van der Waals surface area contributed by atoms with Crippen molar-refractivity contribution in [1.82, 2.24) is 0 Å². The van der Waals surface area contributed by atoms with Gasteiger partial charge in [0, 0.05) is 5.56 Å². The number of ether oxygens (including phenoxy) is 1. The van der Waals surface area contributed by atoms with Gasteiger partial charge in [0.1, 0.15) is 17.4 Å². The first kappa shape index (κ1) is 15.1. The molecule has 2 unspecified atom stereocenters. The number of aliphatic hydroxyl groups is 2. The van der Waals surface area contributed by atoms with Gasteiger partial charge in [-0.15, -0.1) is 0 Å². The van der Waals surface area contributed by atoms with Gasteiger partial charge in [0.2, 0.25) is 6.29 Å². The Morgan fingerprint density at radius 2 is 1.86 bits per heavy atom. The fourth-order valence-corrected chi connectivity index (χ4v) is 2.99. The van der Waals surface area contributed by atoms with Crippen LogP contribution in [0.4, 0.5) is 0 Å². The second-order valence-electron chi connectivity index (χ2n) is 5.94. The summed E-state index contributed by atoms with van der Waals surface area (Å²) < 4.78 is 11.0. The zero-order valence-electron chi connectivity index (χ0n) is 12.8. The highest BCUT2D eigenvalue weighted by Crippen LogP contribution is 2.35. The van der Waals surface area contributed by atoms with E-state index >= 15 is 0 Å². The van der Waals surface area contributed by atoms with Gasteiger partial charge in [0.15, 0.2) is 0 Å². The normalized spacial score (nSPS) is 17.1. The summed E-state index contributed by atoms with van der Waals surface area (Å²) in [5, 5.41) is 20.0. The van der Waals surface area contributed by atoms with Crippen molar-refractivity contribution < 1.29 is 19.4 Å². The first-order chi connectivity index (χ1) is 10.5. The predicted octanol–water partition coefficient (Wildman–Crippen LogP) is 2.06. The van der Waals surface area contributed by atoms with Crippen LogP contribution in [0, 0.1) is 6.92 Å². The summed E-state index contributed by atoms with van der Waals surface area (Å²) in [5.74, 6) is 0.449. The van der Waals surface area contributed by atoms with E-state index in [1.807, 2.05) is 6.92 Å². The molecule has 5 nitrogen and oxygen atoms in total. The third-order valence-electron chi connectivity index (χ3n) is 4.09. The highest BCUT2D eigenvalue weighted by atomic mass is 16.6. The quantitative estimate of drug-likeness (QED) is 0.670. The van der Waals surface area contributed by atoms with Crippen molar-refractivity contribution in [3.63, 3.8) is 0 Å². The van der Waals surface area contributed by atoms with Crippen LogP contribution in [0.5, 0.6) is 5.75 Å². The van der Waals surface area contributed by atoms with Gasteiger partial charge in [0.05, 0.1) is 5.39 Å². The first-order valence-corrected chi connectivity index (χ1v) is 7.59. The Bertz CT molecular complexity index is 760. The van der Waals surface area contributed by atoms with E-state index in [4.69, 9.17) is 9.15 Å². The molecule has 3 rings (SSSR count). The summed E-state index contributed by atoms with van der Waals surface area (Å²) in [5.41, 5.74) is 2.71. The molecule has 1 heterocycles. The zero-order valence-corrected chi connectivity index (χ0v) is 12.8. The molecule has 2 atom stereocenters. The molecule has 0 amide bonds. The highest BCUT2D eigenvalue weighted by molar-refractivity contribution is 5.88. The summed E-state index contributed by atoms with van der Waals surface area (Å²) in [6, 6.07) is 3.59. The van der Waals surface area contributed by atoms with Crippen molar-refractivity contribution in [2.24, 2.45) is 0 Å². The maximum absolute atomic E-state index is 12.1. The number of hydrogen-bond acceptors (Lipinski definition) is 5. The van der Waals surface area contributed by atoms with E-state index in [9.17, 15) is 15.0 Å². The van der Waals surface area contributed by atoms with E-state index in [1.54, 1.807) is 12.1 Å². The van der Waals surface area contributed by atoms with E-state index in [0.717, 1.165) is 35.8 Å². The lowest BCUT2D eigenvalue weighted by Gasteiger charge is -2.21. The fourth-order valence-electron chi connectivity index (χ4n) is 2.99. The molecule has 0 saturated carbocycles. The molecule has 1 aliphatic rings. The summed E-state index contributed by atoms with van der Waals surface area (Å²) in [7, 11) is 0. The van der Waals surface area contributed by atoms with Crippen LogP contribution in [-0.2, 0) is 12.8 Å². The average molecular weight is 304 g/mol. The van der Waals surface area contributed by atoms with Gasteiger partial charge >= 0.3 is 5.63 Å². The Hall–Kier alpha value is -1.85. The predicted molar refractivity (Wildman–Crippen MR) is 82.2 cm³/mol. The summed E-state index contributed by atoms with van der Waals surface area (Å²) >= 11 is 0. The maximum Gasteiger partial charge on any atom is 0.339 e. The Morgan fingerprint density at radius 1 is 1.18 bits per heavy atom. The number of aliphatic hydroxyl groups excluding tert-OH is 2. The minimum Gasteiger partial charge on any atom is -0.462 e. The first-order valence-electron chi connectivity index (χ1n) is 7.59. The molecule has 0 saturated heterocycles. The topological polar surface area (TPSA) is 79.9 Å². The van der Waals surface area contributed by atoms with Crippen LogP contribution in [0.15, 0.2) is 21.3 Å². The lowest BCUT2D eigenvalue weighted by molar-refractivity contribution is -0.0952. The summed E-state index contributed by atoms with van der Waals surface area (Å²) in [6.07, 6.45) is 1.15. The molecule has 0 radical (unpaired) electrons. The Kier molecular flexibility index (Phi) is 3.93. The molecule has 2 aromatic rings. The van der Waals surface area contributed by atoms with Crippen LogP contribution in [0.25, 0.3) is 11.0 Å². The van der Waals surface area contributed by atoms with Crippen LogP contribution in [-0.4, -0.2) is 22.6 Å². The van der Waals surface area contributed by atoms with E-state index in [-0.39, 0.29) is 5.63 Å². The van der Waals surface area contributed by atoms with Gasteiger partial charge in [-0.3, -0.25) is 0 Å². The SMILES string of the molecule is Cc1cc(OC(O)C(C)O)c2c3c(c(=O)oc2c1)CCCC3. The van der Waals surface area contributed by atoms with Gasteiger partial charge in [-0.05, 0) is 62.8 Å². The molecule has 0 aliphatic heterocycles. The summed E-state index contributed by atoms with van der Waals surface area (Å²) in [6.45, 7) is 3.32. The van der Waals surface area contributed by atoms with Crippen molar-refractivity contribution in [2.45, 2.75) is 51.9 Å². The second kappa shape index (κ2) is 5.74. The minimum absolute atomic E-state index is 0.283. The zero-order chi connectivity index (χ0) is 15.9. The van der Waals surface area contributed by atoms with Crippen LogP contribution in [0.2, 0.25) is 0 Å². The highest BCUT2D eigenvalue weighted by Gasteiger charge is 2.23. The van der Waals surface area contributed by atoms with Crippen LogP contribution in [0.1, 0.15) is 36.5 Å². The number of hydrogen-bond donors (Lipinski definition) is 2. The van der Waals surface area contributed by atoms with Gasteiger partial charge < -0.3 is 19.4 Å². The minimum atomic E-state index is -1.32. The van der Waals surface area contributed by atoms with E-state index in [2.05, 4.69) is 0 Å². The van der Waals surface area contributed by atoms with E-state index in [1.165, 1.54) is 6.92 Å². The van der Waals surface area contributed by atoms with E-state index in [0.29, 0.717) is 23.3 Å². The average Bonchev–Trinajstić information content (AvgIpc) is 2.46. The molecule has 1 aliphatic carbocycles. The van der Waals surface area contributed by atoms with Crippen LogP contribution >= 0.6 is 0 Å². The van der Waals surface area contributed by atoms with Crippen molar-refractivity contribution in [1.29, 1.82) is 0 Å². The molecule has 2 N–H and O–H groups in total. The Morgan fingerprint density at radius 3 is 2.55 bits per heavy atom. The molecule has 0 spiro atoms. The fraction of sp³-hybridized carbons (Fsp3) is 0.471. The molecule has 5 heteroatoms. The van der Waals surface area contributed by atoms with Crippen molar-refractivity contribution >= 4 is 11.0 Å². The molecule has 22 heavy (non-hydrogen) atoms. The largest absolute Gasteiger partial charge is 0.462 e. The van der Waals surface area contributed by atoms with Crippen molar-refractivity contribution in [2.75, 3.05) is 0 Å². The smallest absolute Gasteiger partial charge is 0.339 e. The molecule has 1 aromatic heterocycles. The lowest BCUT2D eigenvalue weighted by atomic mass is 9.90. The van der Waals surface area contributed by atoms with Crippen LogP contribution < -0.4 is 10.4 Å². The number of fused-ring (bicyclic) bond motifs is 3. The Balaban J connectivity index is 2.24. The summed E-state index contributed by atoms with van der Waals surface area (Å²) in [4.78, 5) is 12.1. The van der Waals surface area contributed by atoms with Crippen molar-refractivity contribution in [3.8, 4) is 5.75 Å². The van der Waals surface area contributed by atoms with Gasteiger partial charge in [0.25, 0.3) is 0 Å². The number of benzene rings is 1. The van der Waals surface area contributed by atoms with Gasteiger partial charge in [-0.2, -0.15) is 0 Å². The third-order valence-corrected chi connectivity index (χ3v) is 4.09. The van der Waals surface area contributed by atoms with E-state index < -0.39 is 12.4 Å². The lowest BCUT2D eigenvalue weighted by Crippen LogP contribution is -2.29. The number of aryl methyl sites for hydroxylation is 2. The van der Waals surface area contributed by atoms with Crippen LogP contribution in [0.3, 0.4) is 0 Å². The maximum atomic E-state index is 12.1. The van der Waals surface area contributed by atoms with Gasteiger partial charge in [-0.1, -0.05) is 0 Å².